The van der Waals surface area contributed by atoms with Crippen molar-refractivity contribution in [3.8, 4) is 0 Å². The van der Waals surface area contributed by atoms with Gasteiger partial charge in [-0.1, -0.05) is 30.3 Å². The van der Waals surface area contributed by atoms with Crippen LogP contribution in [-0.2, 0) is 6.54 Å². The van der Waals surface area contributed by atoms with Crippen LogP contribution in [0.3, 0.4) is 0 Å². The van der Waals surface area contributed by atoms with E-state index in [1.165, 1.54) is 5.69 Å². The van der Waals surface area contributed by atoms with Crippen molar-refractivity contribution in [2.24, 2.45) is 4.99 Å². The first-order valence-electron chi connectivity index (χ1n) is 8.75. The molecule has 1 unspecified atom stereocenters. The summed E-state index contributed by atoms with van der Waals surface area (Å²) in [4.78, 5) is 4.24. The number of aryl methyl sites for hydroxylation is 3. The SMILES string of the molecule is CN=C(NCCCn1nc(C)cc1C)NCC(CO)c1ccccc1. The van der Waals surface area contributed by atoms with Gasteiger partial charge < -0.3 is 15.7 Å². The van der Waals surface area contributed by atoms with E-state index in [0.29, 0.717) is 6.54 Å². The van der Waals surface area contributed by atoms with Crippen molar-refractivity contribution in [2.45, 2.75) is 32.7 Å². The van der Waals surface area contributed by atoms with Crippen LogP contribution in [0, 0.1) is 13.8 Å². The van der Waals surface area contributed by atoms with Gasteiger partial charge in [0, 0.05) is 38.3 Å². The molecule has 1 aromatic heterocycles. The molecular weight excluding hydrogens is 314 g/mol. The lowest BCUT2D eigenvalue weighted by molar-refractivity contribution is 0.265. The third-order valence-electron chi connectivity index (χ3n) is 4.17. The second kappa shape index (κ2) is 9.84. The van der Waals surface area contributed by atoms with Crippen molar-refractivity contribution in [3.05, 3.63) is 53.3 Å². The molecule has 136 valence electrons. The molecule has 0 fully saturated rings. The Hall–Kier alpha value is -2.34. The topological polar surface area (TPSA) is 74.5 Å². The molecule has 2 aromatic rings. The Balaban J connectivity index is 1.74. The molecule has 1 atom stereocenters. The first-order valence-corrected chi connectivity index (χ1v) is 8.75. The molecule has 25 heavy (non-hydrogen) atoms. The third-order valence-corrected chi connectivity index (χ3v) is 4.17. The summed E-state index contributed by atoms with van der Waals surface area (Å²) in [7, 11) is 1.76. The zero-order valence-electron chi connectivity index (χ0n) is 15.4. The second-order valence-electron chi connectivity index (χ2n) is 6.17. The number of aliphatic hydroxyl groups is 1. The van der Waals surface area contributed by atoms with Gasteiger partial charge in [0.25, 0.3) is 0 Å². The van der Waals surface area contributed by atoms with Gasteiger partial charge in [-0.3, -0.25) is 9.67 Å². The minimum atomic E-state index is 0.0504. The van der Waals surface area contributed by atoms with E-state index in [1.54, 1.807) is 7.05 Å². The van der Waals surface area contributed by atoms with Crippen LogP contribution in [0.2, 0.25) is 0 Å². The lowest BCUT2D eigenvalue weighted by Gasteiger charge is -2.18. The van der Waals surface area contributed by atoms with Crippen LogP contribution in [0.5, 0.6) is 0 Å². The van der Waals surface area contributed by atoms with E-state index >= 15 is 0 Å². The highest BCUT2D eigenvalue weighted by molar-refractivity contribution is 5.79. The Bertz CT molecular complexity index is 666. The molecule has 0 amide bonds. The third kappa shape index (κ3) is 5.90. The van der Waals surface area contributed by atoms with Crippen LogP contribution in [-0.4, -0.2) is 47.6 Å². The van der Waals surface area contributed by atoms with E-state index in [1.807, 2.05) is 41.9 Å². The summed E-state index contributed by atoms with van der Waals surface area (Å²) in [6.07, 6.45) is 0.963. The largest absolute Gasteiger partial charge is 0.396 e. The van der Waals surface area contributed by atoms with Gasteiger partial charge >= 0.3 is 0 Å². The minimum absolute atomic E-state index is 0.0504. The van der Waals surface area contributed by atoms with Crippen LogP contribution >= 0.6 is 0 Å². The van der Waals surface area contributed by atoms with Crippen molar-refractivity contribution in [1.82, 2.24) is 20.4 Å². The maximum atomic E-state index is 9.62. The average Bonchev–Trinajstić information content (AvgIpc) is 2.95. The molecule has 0 saturated heterocycles. The molecule has 0 radical (unpaired) electrons. The lowest BCUT2D eigenvalue weighted by Crippen LogP contribution is -2.40. The molecule has 6 nitrogen and oxygen atoms in total. The normalized spacial score (nSPS) is 12.9. The quantitative estimate of drug-likeness (QED) is 0.388. The van der Waals surface area contributed by atoms with E-state index in [2.05, 4.69) is 33.7 Å². The van der Waals surface area contributed by atoms with Crippen molar-refractivity contribution < 1.29 is 5.11 Å². The van der Waals surface area contributed by atoms with Gasteiger partial charge in [-0.15, -0.1) is 0 Å². The molecule has 2 rings (SSSR count). The number of guanidine groups is 1. The number of aromatic nitrogens is 2. The number of nitrogens with zero attached hydrogens (tertiary/aromatic N) is 3. The highest BCUT2D eigenvalue weighted by Gasteiger charge is 2.10. The Morgan fingerprint density at radius 1 is 1.24 bits per heavy atom. The molecule has 0 bridgehead atoms. The average molecular weight is 343 g/mol. The lowest BCUT2D eigenvalue weighted by atomic mass is 10.0. The van der Waals surface area contributed by atoms with Crippen molar-refractivity contribution in [1.29, 1.82) is 0 Å². The second-order valence-corrected chi connectivity index (χ2v) is 6.17. The van der Waals surface area contributed by atoms with E-state index in [9.17, 15) is 5.11 Å². The number of aliphatic imine (C=N–C) groups is 1. The number of aliphatic hydroxyl groups excluding tert-OH is 1. The molecule has 6 heteroatoms. The van der Waals surface area contributed by atoms with Gasteiger partial charge in [0.1, 0.15) is 0 Å². The zero-order valence-corrected chi connectivity index (χ0v) is 15.4. The fourth-order valence-corrected chi connectivity index (χ4v) is 2.79. The predicted octanol–water partition coefficient (Wildman–Crippen LogP) is 1.83. The van der Waals surface area contributed by atoms with Crippen LogP contribution in [0.15, 0.2) is 41.4 Å². The van der Waals surface area contributed by atoms with Gasteiger partial charge in [-0.25, -0.2) is 0 Å². The maximum Gasteiger partial charge on any atom is 0.191 e. The van der Waals surface area contributed by atoms with Gasteiger partial charge in [-0.05, 0) is 31.9 Å². The molecular formula is C19H29N5O. The first kappa shape index (κ1) is 19.0. The van der Waals surface area contributed by atoms with Crippen molar-refractivity contribution in [2.75, 3.05) is 26.7 Å². The molecule has 0 aliphatic heterocycles. The molecule has 0 aliphatic rings. The minimum Gasteiger partial charge on any atom is -0.396 e. The summed E-state index contributed by atoms with van der Waals surface area (Å²) in [6, 6.07) is 12.1. The molecule has 0 aliphatic carbocycles. The summed E-state index contributed by atoms with van der Waals surface area (Å²) in [5.74, 6) is 0.803. The number of nitrogens with one attached hydrogen (secondary N) is 2. The van der Waals surface area contributed by atoms with Gasteiger partial charge in [-0.2, -0.15) is 5.10 Å². The number of benzene rings is 1. The zero-order chi connectivity index (χ0) is 18.1. The maximum absolute atomic E-state index is 9.62. The summed E-state index contributed by atoms with van der Waals surface area (Å²) < 4.78 is 2.03. The van der Waals surface area contributed by atoms with Gasteiger partial charge in [0.05, 0.1) is 12.3 Å². The fraction of sp³-hybridized carbons (Fsp3) is 0.474. The molecule has 1 aromatic carbocycles. The number of rotatable bonds is 8. The Morgan fingerprint density at radius 2 is 2.00 bits per heavy atom. The Morgan fingerprint density at radius 3 is 2.60 bits per heavy atom. The predicted molar refractivity (Wildman–Crippen MR) is 102 cm³/mol. The highest BCUT2D eigenvalue weighted by atomic mass is 16.3. The number of hydrogen-bond donors (Lipinski definition) is 3. The molecule has 3 N–H and O–H groups in total. The summed E-state index contributed by atoms with van der Waals surface area (Å²) in [5, 5.41) is 20.7. The van der Waals surface area contributed by atoms with Crippen molar-refractivity contribution in [3.63, 3.8) is 0 Å². The van der Waals surface area contributed by atoms with Crippen LogP contribution < -0.4 is 10.6 Å². The van der Waals surface area contributed by atoms with E-state index in [0.717, 1.165) is 36.7 Å². The van der Waals surface area contributed by atoms with Crippen LogP contribution in [0.25, 0.3) is 0 Å². The number of hydrogen-bond acceptors (Lipinski definition) is 3. The van der Waals surface area contributed by atoms with E-state index in [-0.39, 0.29) is 12.5 Å². The van der Waals surface area contributed by atoms with Gasteiger partial charge in [0.2, 0.25) is 0 Å². The summed E-state index contributed by atoms with van der Waals surface area (Å²) in [5.41, 5.74) is 3.37. The van der Waals surface area contributed by atoms with E-state index < -0.39 is 0 Å². The monoisotopic (exact) mass is 343 g/mol. The molecule has 1 heterocycles. The standard InChI is InChI=1S/C19H29N5O/c1-15-12-16(2)24(23-15)11-7-10-21-19(20-3)22-13-18(14-25)17-8-5-4-6-9-17/h4-6,8-9,12,18,25H,7,10-11,13-14H2,1-3H3,(H2,20,21,22). The molecule has 0 saturated carbocycles. The van der Waals surface area contributed by atoms with Gasteiger partial charge in [0.15, 0.2) is 5.96 Å². The summed E-state index contributed by atoms with van der Waals surface area (Å²) >= 11 is 0. The summed E-state index contributed by atoms with van der Waals surface area (Å²) in [6.45, 7) is 6.52. The van der Waals surface area contributed by atoms with Crippen LogP contribution in [0.4, 0.5) is 0 Å². The fourth-order valence-electron chi connectivity index (χ4n) is 2.79. The molecule has 0 spiro atoms. The Labute approximate surface area is 150 Å². The smallest absolute Gasteiger partial charge is 0.191 e. The Kier molecular flexibility index (Phi) is 7.47. The van der Waals surface area contributed by atoms with Crippen LogP contribution in [0.1, 0.15) is 29.3 Å². The van der Waals surface area contributed by atoms with E-state index in [4.69, 9.17) is 0 Å². The van der Waals surface area contributed by atoms with Crippen molar-refractivity contribution >= 4 is 5.96 Å². The first-order chi connectivity index (χ1) is 12.1. The highest BCUT2D eigenvalue weighted by Crippen LogP contribution is 2.13.